The summed E-state index contributed by atoms with van der Waals surface area (Å²) in [5.74, 6) is 0. The number of hydrogen-bond acceptors (Lipinski definition) is 2. The zero-order chi connectivity index (χ0) is 8.91. The Morgan fingerprint density at radius 1 is 1.36 bits per heavy atom. The van der Waals surface area contributed by atoms with Crippen molar-refractivity contribution in [3.05, 3.63) is 0 Å². The van der Waals surface area contributed by atoms with E-state index in [4.69, 9.17) is 4.43 Å². The minimum Gasteiger partial charge on any atom is -0.407 e. The zero-order valence-corrected chi connectivity index (χ0v) is 9.55. The third-order valence-corrected chi connectivity index (χ3v) is 5.01. The molecular formula is C8H21NOSi. The molecule has 0 aliphatic carbocycles. The van der Waals surface area contributed by atoms with Crippen LogP contribution >= 0.6 is 0 Å². The Morgan fingerprint density at radius 2 is 1.91 bits per heavy atom. The third kappa shape index (κ3) is 5.41. The molecule has 1 atom stereocenters. The van der Waals surface area contributed by atoms with Gasteiger partial charge in [-0.15, -0.1) is 0 Å². The average molecular weight is 175 g/mol. The molecule has 0 saturated heterocycles. The summed E-state index contributed by atoms with van der Waals surface area (Å²) in [5, 5.41) is 3.55. The lowest BCUT2D eigenvalue weighted by Crippen LogP contribution is -2.30. The van der Waals surface area contributed by atoms with Crippen molar-refractivity contribution in [3.63, 3.8) is 0 Å². The second kappa shape index (κ2) is 4.90. The first-order valence-electron chi connectivity index (χ1n) is 4.30. The van der Waals surface area contributed by atoms with Crippen LogP contribution in [0.15, 0.2) is 0 Å². The monoisotopic (exact) mass is 175 g/mol. The van der Waals surface area contributed by atoms with Crippen LogP contribution in [0.2, 0.25) is 11.6 Å². The van der Waals surface area contributed by atoms with Gasteiger partial charge in [-0.2, -0.15) is 0 Å². The fraction of sp³-hybridized carbons (Fsp3) is 1.00. The summed E-state index contributed by atoms with van der Waals surface area (Å²) in [5.41, 5.74) is 0. The van der Waals surface area contributed by atoms with Crippen molar-refractivity contribution in [2.45, 2.75) is 39.3 Å². The maximum Gasteiger partial charge on any atom is 0.180 e. The van der Waals surface area contributed by atoms with Gasteiger partial charge < -0.3 is 4.43 Å². The second-order valence-corrected chi connectivity index (χ2v) is 7.27. The van der Waals surface area contributed by atoms with Gasteiger partial charge in [-0.3, -0.25) is 5.32 Å². The Balaban J connectivity index is 3.44. The molecule has 0 saturated carbocycles. The zero-order valence-electron chi connectivity index (χ0n) is 8.40. The van der Waals surface area contributed by atoms with Crippen molar-refractivity contribution in [1.29, 1.82) is 0 Å². The normalized spacial score (nSPS) is 15.0. The molecule has 11 heavy (non-hydrogen) atoms. The predicted molar refractivity (Wildman–Crippen MR) is 52.4 cm³/mol. The van der Waals surface area contributed by atoms with Crippen molar-refractivity contribution >= 4 is 9.04 Å². The van der Waals surface area contributed by atoms with Crippen LogP contribution in [0, 0.1) is 0 Å². The van der Waals surface area contributed by atoms with Crippen LogP contribution in [0.4, 0.5) is 0 Å². The smallest absolute Gasteiger partial charge is 0.180 e. The molecule has 0 aromatic carbocycles. The second-order valence-electron chi connectivity index (χ2n) is 3.92. The quantitative estimate of drug-likeness (QED) is 0.399. The Kier molecular flexibility index (Phi) is 4.96. The first-order valence-corrected chi connectivity index (χ1v) is 6.51. The summed E-state index contributed by atoms with van der Waals surface area (Å²) in [6.07, 6.45) is 0. The SMILES string of the molecule is CCNCO[SiH](C)C(C)(C)C. The average Bonchev–Trinajstić information content (AvgIpc) is 1.86. The molecule has 0 fully saturated rings. The first-order chi connectivity index (χ1) is 4.98. The number of hydrogen-bond donors (Lipinski definition) is 1. The van der Waals surface area contributed by atoms with Crippen LogP contribution in [0.5, 0.6) is 0 Å². The van der Waals surface area contributed by atoms with E-state index >= 15 is 0 Å². The topological polar surface area (TPSA) is 21.3 Å². The summed E-state index contributed by atoms with van der Waals surface area (Å²) in [6.45, 7) is 12.8. The first kappa shape index (κ1) is 11.1. The van der Waals surface area contributed by atoms with Gasteiger partial charge in [0.2, 0.25) is 0 Å². The minimum absolute atomic E-state index is 0.384. The van der Waals surface area contributed by atoms with E-state index in [-0.39, 0.29) is 0 Å². The molecule has 0 radical (unpaired) electrons. The van der Waals surface area contributed by atoms with Crippen LogP contribution in [0.1, 0.15) is 27.7 Å². The fourth-order valence-corrected chi connectivity index (χ4v) is 1.40. The predicted octanol–water partition coefficient (Wildman–Crippen LogP) is 1.72. The summed E-state index contributed by atoms with van der Waals surface area (Å²) in [7, 11) is -0.985. The van der Waals surface area contributed by atoms with E-state index in [9.17, 15) is 0 Å². The molecule has 0 aromatic heterocycles. The molecule has 3 heteroatoms. The van der Waals surface area contributed by atoms with Crippen LogP contribution in [-0.4, -0.2) is 22.3 Å². The maximum atomic E-state index is 5.67. The van der Waals surface area contributed by atoms with Gasteiger partial charge in [0.1, 0.15) is 0 Å². The Labute approximate surface area is 72.1 Å². The molecule has 0 bridgehead atoms. The molecule has 0 aromatic rings. The summed E-state index contributed by atoms with van der Waals surface area (Å²) in [6, 6.07) is 0. The molecule has 0 aliphatic heterocycles. The van der Waals surface area contributed by atoms with Crippen molar-refractivity contribution in [2.24, 2.45) is 0 Å². The van der Waals surface area contributed by atoms with Gasteiger partial charge in [0.05, 0.1) is 6.73 Å². The Bertz CT molecular complexity index is 101. The van der Waals surface area contributed by atoms with Crippen molar-refractivity contribution in [3.8, 4) is 0 Å². The fourth-order valence-electron chi connectivity index (χ4n) is 0.536. The molecular weight excluding hydrogens is 154 g/mol. The van der Waals surface area contributed by atoms with Gasteiger partial charge >= 0.3 is 0 Å². The van der Waals surface area contributed by atoms with Crippen molar-refractivity contribution in [1.82, 2.24) is 5.32 Å². The number of rotatable bonds is 4. The molecule has 0 rings (SSSR count). The van der Waals surface area contributed by atoms with Gasteiger partial charge in [-0.05, 0) is 18.1 Å². The summed E-state index contributed by atoms with van der Waals surface area (Å²) < 4.78 is 5.67. The largest absolute Gasteiger partial charge is 0.407 e. The number of nitrogens with one attached hydrogen (secondary N) is 1. The Morgan fingerprint density at radius 3 is 2.27 bits per heavy atom. The van der Waals surface area contributed by atoms with Crippen LogP contribution < -0.4 is 5.32 Å². The molecule has 2 nitrogen and oxygen atoms in total. The summed E-state index contributed by atoms with van der Waals surface area (Å²) >= 11 is 0. The molecule has 0 spiro atoms. The maximum absolute atomic E-state index is 5.67. The van der Waals surface area contributed by atoms with E-state index in [1.807, 2.05) is 0 Å². The van der Waals surface area contributed by atoms with E-state index in [0.29, 0.717) is 5.04 Å². The van der Waals surface area contributed by atoms with Crippen molar-refractivity contribution < 1.29 is 4.43 Å². The van der Waals surface area contributed by atoms with E-state index in [1.54, 1.807) is 0 Å². The van der Waals surface area contributed by atoms with E-state index < -0.39 is 9.04 Å². The molecule has 1 unspecified atom stereocenters. The van der Waals surface area contributed by atoms with Gasteiger partial charge in [0.25, 0.3) is 0 Å². The highest BCUT2D eigenvalue weighted by molar-refractivity contribution is 6.53. The van der Waals surface area contributed by atoms with Gasteiger partial charge in [0.15, 0.2) is 9.04 Å². The van der Waals surface area contributed by atoms with Crippen LogP contribution in [0.25, 0.3) is 0 Å². The summed E-state index contributed by atoms with van der Waals surface area (Å²) in [4.78, 5) is 0. The van der Waals surface area contributed by atoms with E-state index in [2.05, 4.69) is 39.6 Å². The molecule has 0 heterocycles. The lowest BCUT2D eigenvalue weighted by molar-refractivity contribution is 0.277. The Hall–Kier alpha value is 0.137. The lowest BCUT2D eigenvalue weighted by atomic mass is 10.3. The van der Waals surface area contributed by atoms with Gasteiger partial charge in [0, 0.05) is 0 Å². The lowest BCUT2D eigenvalue weighted by Gasteiger charge is -2.25. The van der Waals surface area contributed by atoms with Crippen molar-refractivity contribution in [2.75, 3.05) is 13.3 Å². The molecule has 1 N–H and O–H groups in total. The van der Waals surface area contributed by atoms with Crippen LogP contribution in [-0.2, 0) is 4.43 Å². The highest BCUT2D eigenvalue weighted by atomic mass is 28.3. The van der Waals surface area contributed by atoms with Gasteiger partial charge in [-0.1, -0.05) is 27.7 Å². The van der Waals surface area contributed by atoms with Gasteiger partial charge in [-0.25, -0.2) is 0 Å². The minimum atomic E-state index is -0.985. The highest BCUT2D eigenvalue weighted by Crippen LogP contribution is 2.26. The van der Waals surface area contributed by atoms with E-state index in [0.717, 1.165) is 13.3 Å². The molecule has 68 valence electrons. The van der Waals surface area contributed by atoms with Crippen LogP contribution in [0.3, 0.4) is 0 Å². The molecule has 0 amide bonds. The third-order valence-electron chi connectivity index (χ3n) is 1.90. The van der Waals surface area contributed by atoms with E-state index in [1.165, 1.54) is 0 Å². The molecule has 0 aliphatic rings. The highest BCUT2D eigenvalue weighted by Gasteiger charge is 2.22. The standard InChI is InChI=1S/C8H21NOSi/c1-6-9-7-10-11(5)8(2,3)4/h9,11H,6-7H2,1-5H3.